The summed E-state index contributed by atoms with van der Waals surface area (Å²) in [5, 5.41) is 2.91. The molecule has 2 rings (SSSR count). The maximum atomic E-state index is 11.4. The van der Waals surface area contributed by atoms with Crippen LogP contribution < -0.4 is 4.90 Å². The maximum absolute atomic E-state index is 11.4. The Bertz CT molecular complexity index is 449. The number of carbonyl (C=O) groups excluding carboxylic acids is 1. The number of hydrogen-bond acceptors (Lipinski definition) is 6. The van der Waals surface area contributed by atoms with Gasteiger partial charge in [-0.25, -0.2) is 4.98 Å². The summed E-state index contributed by atoms with van der Waals surface area (Å²) in [4.78, 5) is 18.2. The van der Waals surface area contributed by atoms with E-state index in [0.29, 0.717) is 12.5 Å². The van der Waals surface area contributed by atoms with Crippen molar-refractivity contribution in [1.29, 1.82) is 0 Å². The molecule has 0 aliphatic carbocycles. The number of thiazole rings is 1. The zero-order valence-electron chi connectivity index (χ0n) is 12.3. The van der Waals surface area contributed by atoms with Crippen molar-refractivity contribution in [3.8, 4) is 0 Å². The summed E-state index contributed by atoms with van der Waals surface area (Å²) in [6.45, 7) is 6.30. The summed E-state index contributed by atoms with van der Waals surface area (Å²) in [6, 6.07) is 0. The molecule has 2 heterocycles. The van der Waals surface area contributed by atoms with Crippen LogP contribution in [0.2, 0.25) is 0 Å². The van der Waals surface area contributed by atoms with Crippen LogP contribution in [0, 0.1) is 5.92 Å². The van der Waals surface area contributed by atoms with Gasteiger partial charge < -0.3 is 14.4 Å². The van der Waals surface area contributed by atoms with Crippen molar-refractivity contribution in [2.75, 3.05) is 31.7 Å². The number of esters is 1. The second-order valence-corrected chi connectivity index (χ2v) is 5.93. The van der Waals surface area contributed by atoms with Crippen molar-refractivity contribution < 1.29 is 14.3 Å². The smallest absolute Gasteiger partial charge is 0.311 e. The van der Waals surface area contributed by atoms with Gasteiger partial charge in [0, 0.05) is 25.6 Å². The highest BCUT2D eigenvalue weighted by atomic mass is 32.1. The molecule has 2 unspecified atom stereocenters. The summed E-state index contributed by atoms with van der Waals surface area (Å²) in [5.41, 5.74) is 0.788. The predicted molar refractivity (Wildman–Crippen MR) is 79.2 cm³/mol. The lowest BCUT2D eigenvalue weighted by Crippen LogP contribution is -2.43. The molecule has 1 fully saturated rings. The molecular weight excluding hydrogens is 276 g/mol. The van der Waals surface area contributed by atoms with Crippen LogP contribution in [0.25, 0.3) is 0 Å². The largest absolute Gasteiger partial charge is 0.466 e. The molecule has 1 aromatic rings. The normalized spacial score (nSPS) is 22.9. The van der Waals surface area contributed by atoms with Gasteiger partial charge in [0.1, 0.15) is 0 Å². The van der Waals surface area contributed by atoms with Crippen LogP contribution in [-0.2, 0) is 20.7 Å². The quantitative estimate of drug-likeness (QED) is 0.779. The number of piperidine rings is 1. The van der Waals surface area contributed by atoms with Crippen molar-refractivity contribution in [2.24, 2.45) is 5.92 Å². The summed E-state index contributed by atoms with van der Waals surface area (Å²) in [5.74, 6) is 0.363. The van der Waals surface area contributed by atoms with Gasteiger partial charge >= 0.3 is 5.97 Å². The molecule has 0 spiro atoms. The first-order valence-corrected chi connectivity index (χ1v) is 7.89. The topological polar surface area (TPSA) is 51.7 Å². The van der Waals surface area contributed by atoms with Crippen LogP contribution in [-0.4, -0.2) is 43.9 Å². The molecule has 0 saturated carbocycles. The number of carbonyl (C=O) groups is 1. The molecule has 5 nitrogen and oxygen atoms in total. The molecule has 112 valence electrons. The van der Waals surface area contributed by atoms with Crippen molar-refractivity contribution in [3.05, 3.63) is 11.1 Å². The van der Waals surface area contributed by atoms with Gasteiger partial charge in [-0.3, -0.25) is 4.79 Å². The third kappa shape index (κ3) is 3.70. The van der Waals surface area contributed by atoms with Crippen molar-refractivity contribution >= 4 is 22.4 Å². The molecular formula is C14H22N2O3S. The lowest BCUT2D eigenvalue weighted by molar-refractivity contribution is -0.142. The Hall–Kier alpha value is -1.14. The highest BCUT2D eigenvalue weighted by Gasteiger charge is 2.27. The number of aromatic nitrogens is 1. The number of methoxy groups -OCH3 is 1. The first-order valence-electron chi connectivity index (χ1n) is 7.01. The molecule has 0 aromatic carbocycles. The van der Waals surface area contributed by atoms with Gasteiger partial charge in [-0.1, -0.05) is 6.92 Å². The third-order valence-electron chi connectivity index (χ3n) is 3.63. The van der Waals surface area contributed by atoms with Gasteiger partial charge in [0.25, 0.3) is 0 Å². The van der Waals surface area contributed by atoms with E-state index in [2.05, 4.69) is 16.8 Å². The number of ether oxygens (including phenoxy) is 2. The molecule has 0 amide bonds. The van der Waals surface area contributed by atoms with Crippen LogP contribution in [0.5, 0.6) is 0 Å². The molecule has 20 heavy (non-hydrogen) atoms. The van der Waals surface area contributed by atoms with E-state index >= 15 is 0 Å². The molecule has 0 bridgehead atoms. The first kappa shape index (κ1) is 15.3. The van der Waals surface area contributed by atoms with E-state index in [9.17, 15) is 4.79 Å². The van der Waals surface area contributed by atoms with Crippen molar-refractivity contribution in [3.63, 3.8) is 0 Å². The van der Waals surface area contributed by atoms with Crippen molar-refractivity contribution in [1.82, 2.24) is 4.98 Å². The van der Waals surface area contributed by atoms with Gasteiger partial charge in [-0.15, -0.1) is 11.3 Å². The van der Waals surface area contributed by atoms with Crippen LogP contribution in [0.4, 0.5) is 5.13 Å². The number of rotatable bonds is 5. The van der Waals surface area contributed by atoms with E-state index < -0.39 is 0 Å². The maximum Gasteiger partial charge on any atom is 0.311 e. The highest BCUT2D eigenvalue weighted by Crippen LogP contribution is 2.27. The van der Waals surface area contributed by atoms with Crippen LogP contribution in [0.3, 0.4) is 0 Å². The zero-order valence-corrected chi connectivity index (χ0v) is 13.1. The fraction of sp³-hybridized carbons (Fsp3) is 0.714. The lowest BCUT2D eigenvalue weighted by atomic mass is 9.96. The summed E-state index contributed by atoms with van der Waals surface area (Å²) >= 11 is 1.58. The van der Waals surface area contributed by atoms with E-state index in [-0.39, 0.29) is 18.5 Å². The van der Waals surface area contributed by atoms with Crippen LogP contribution in [0.1, 0.15) is 26.0 Å². The average Bonchev–Trinajstić information content (AvgIpc) is 2.88. The van der Waals surface area contributed by atoms with E-state index in [0.717, 1.165) is 30.3 Å². The molecule has 0 radical (unpaired) electrons. The monoisotopic (exact) mass is 298 g/mol. The van der Waals surface area contributed by atoms with Gasteiger partial charge in [0.2, 0.25) is 0 Å². The molecule has 1 aliphatic heterocycles. The summed E-state index contributed by atoms with van der Waals surface area (Å²) in [6.07, 6.45) is 1.61. The molecule has 0 N–H and O–H groups in total. The second kappa shape index (κ2) is 7.04. The molecule has 1 aliphatic rings. The average molecular weight is 298 g/mol. The molecule has 2 atom stereocenters. The molecule has 6 heteroatoms. The van der Waals surface area contributed by atoms with E-state index in [1.54, 1.807) is 18.4 Å². The van der Waals surface area contributed by atoms with Gasteiger partial charge in [0.05, 0.1) is 24.8 Å². The minimum atomic E-state index is -0.216. The van der Waals surface area contributed by atoms with Gasteiger partial charge in [-0.05, 0) is 19.3 Å². The lowest BCUT2D eigenvalue weighted by Gasteiger charge is -2.36. The molecule has 1 aromatic heterocycles. The highest BCUT2D eigenvalue weighted by molar-refractivity contribution is 7.13. The fourth-order valence-corrected chi connectivity index (χ4v) is 3.26. The Morgan fingerprint density at radius 1 is 1.60 bits per heavy atom. The Kier molecular flexibility index (Phi) is 5.37. The predicted octanol–water partition coefficient (Wildman–Crippen LogP) is 2.11. The Morgan fingerprint density at radius 3 is 3.10 bits per heavy atom. The number of nitrogens with zero attached hydrogens (tertiary/aromatic N) is 2. The zero-order chi connectivity index (χ0) is 14.5. The number of anilines is 1. The minimum absolute atomic E-state index is 0.216. The second-order valence-electron chi connectivity index (χ2n) is 5.09. The summed E-state index contributed by atoms with van der Waals surface area (Å²) in [7, 11) is 1.76. The standard InChI is InChI=1S/C14H22N2O3S/c1-4-19-13(17)7-11-9-20-14(15-11)16-6-5-10(2)12(8-16)18-3/h9-10,12H,4-8H2,1-3H3. The fourth-order valence-electron chi connectivity index (χ4n) is 2.40. The Morgan fingerprint density at radius 2 is 2.40 bits per heavy atom. The molecule has 1 saturated heterocycles. The van der Waals surface area contributed by atoms with Gasteiger partial charge in [-0.2, -0.15) is 0 Å². The minimum Gasteiger partial charge on any atom is -0.466 e. The Balaban J connectivity index is 1.96. The van der Waals surface area contributed by atoms with Crippen LogP contribution >= 0.6 is 11.3 Å². The summed E-state index contributed by atoms with van der Waals surface area (Å²) < 4.78 is 10.5. The Labute approximate surface area is 123 Å². The van der Waals surface area contributed by atoms with Crippen LogP contribution in [0.15, 0.2) is 5.38 Å². The van der Waals surface area contributed by atoms with Crippen molar-refractivity contribution in [2.45, 2.75) is 32.8 Å². The SMILES string of the molecule is CCOC(=O)Cc1csc(N2CCC(C)C(OC)C2)n1. The van der Waals surface area contributed by atoms with E-state index in [1.165, 1.54) is 0 Å². The van der Waals surface area contributed by atoms with E-state index in [4.69, 9.17) is 9.47 Å². The third-order valence-corrected chi connectivity index (χ3v) is 4.58. The number of hydrogen-bond donors (Lipinski definition) is 0. The van der Waals surface area contributed by atoms with E-state index in [1.807, 2.05) is 12.3 Å². The van der Waals surface area contributed by atoms with Gasteiger partial charge in [0.15, 0.2) is 5.13 Å². The first-order chi connectivity index (χ1) is 9.63.